The number of unbranched alkanes of at least 4 members (excludes halogenated alkanes) is 1. The van der Waals surface area contributed by atoms with Gasteiger partial charge in [0.05, 0.1) is 52.0 Å². The van der Waals surface area contributed by atoms with Gasteiger partial charge < -0.3 is 40.5 Å². The summed E-state index contributed by atoms with van der Waals surface area (Å²) in [6.45, 7) is 21.6. The van der Waals surface area contributed by atoms with Gasteiger partial charge in [-0.05, 0) is 152 Å². The number of benzene rings is 5. The number of carbonyl (C=O) groups excluding carboxylic acids is 5. The Labute approximate surface area is 657 Å². The van der Waals surface area contributed by atoms with E-state index in [1.165, 1.54) is 39.9 Å². The van der Waals surface area contributed by atoms with Crippen molar-refractivity contribution < 1.29 is 63.8 Å². The van der Waals surface area contributed by atoms with Gasteiger partial charge in [-0.1, -0.05) is 99.5 Å². The van der Waals surface area contributed by atoms with Crippen LogP contribution in [0.15, 0.2) is 147 Å². The number of anilines is 2. The van der Waals surface area contributed by atoms with Gasteiger partial charge in [-0.3, -0.25) is 38.7 Å². The molecular weight excluding hydrogens is 1510 g/mol. The van der Waals surface area contributed by atoms with E-state index in [1.54, 1.807) is 23.5 Å². The first kappa shape index (κ1) is 83.5. The zero-order valence-electron chi connectivity index (χ0n) is 63.2. The van der Waals surface area contributed by atoms with Crippen LogP contribution in [0.1, 0.15) is 126 Å². The number of aliphatic hydroxyl groups is 1. The molecule has 0 spiro atoms. The van der Waals surface area contributed by atoms with Crippen LogP contribution in [0.2, 0.25) is 5.02 Å². The highest BCUT2D eigenvalue weighted by atomic mass is 35.5. The minimum Gasteiger partial charge on any atom is -0.391 e. The first-order valence-corrected chi connectivity index (χ1v) is 42.9. The molecule has 4 fully saturated rings. The second-order valence-corrected chi connectivity index (χ2v) is 36.9. The topological polar surface area (TPSA) is 264 Å². The van der Waals surface area contributed by atoms with Crippen LogP contribution in [0.3, 0.4) is 0 Å². The molecule has 6 aromatic rings. The first-order chi connectivity index (χ1) is 52.3. The fourth-order valence-corrected chi connectivity index (χ4v) is 19.1. The molecule has 110 heavy (non-hydrogen) atoms. The second-order valence-electron chi connectivity index (χ2n) is 30.9. The summed E-state index contributed by atoms with van der Waals surface area (Å²) in [4.78, 5) is 85.8. The number of thioether (sulfide) groups is 1. The molecule has 5 aliphatic rings. The lowest BCUT2D eigenvalue weighted by molar-refractivity contribution is -0.144. The molecule has 1 aromatic heterocycles. The van der Waals surface area contributed by atoms with Crippen LogP contribution in [0.5, 0.6) is 0 Å². The minimum atomic E-state index is -6.11. The van der Waals surface area contributed by atoms with Gasteiger partial charge >= 0.3 is 5.51 Å². The molecule has 11 rings (SSSR count). The van der Waals surface area contributed by atoms with Gasteiger partial charge in [0.1, 0.15) is 17.0 Å². The third kappa shape index (κ3) is 21.6. The van der Waals surface area contributed by atoms with Crippen LogP contribution in [0.4, 0.5) is 24.5 Å². The van der Waals surface area contributed by atoms with E-state index in [9.17, 15) is 59.1 Å². The zero-order chi connectivity index (χ0) is 78.7. The number of nitrogens with one attached hydrogen (secondary N) is 4. The number of aromatic nitrogens is 1. The first-order valence-electron chi connectivity index (χ1n) is 37.7. The number of sulfonamides is 1. The molecule has 6 atom stereocenters. The number of alkyl halides is 3. The van der Waals surface area contributed by atoms with Crippen LogP contribution in [0.25, 0.3) is 16.0 Å². The maximum absolute atomic E-state index is 14.4. The Morgan fingerprint density at radius 1 is 0.791 bits per heavy atom. The van der Waals surface area contributed by atoms with Gasteiger partial charge in [0, 0.05) is 144 Å². The second kappa shape index (κ2) is 36.6. The maximum Gasteiger partial charge on any atom is 0.501 e. The predicted molar refractivity (Wildman–Crippen MR) is 424 cm³/mol. The van der Waals surface area contributed by atoms with Gasteiger partial charge in [-0.2, -0.15) is 13.2 Å². The lowest BCUT2D eigenvalue weighted by Gasteiger charge is -2.44. The minimum absolute atomic E-state index is 0.0368. The van der Waals surface area contributed by atoms with Gasteiger partial charge in [-0.15, -0.1) is 23.1 Å². The van der Waals surface area contributed by atoms with E-state index in [0.717, 1.165) is 109 Å². The molecule has 30 heteroatoms. The number of β-amino-alcohol motifs (C(OH)–C–C–N with tert-alkyl or cyclic N) is 1. The van der Waals surface area contributed by atoms with Gasteiger partial charge in [0.25, 0.3) is 25.8 Å². The summed E-state index contributed by atoms with van der Waals surface area (Å²) < 4.78 is 105. The maximum atomic E-state index is 14.4. The summed E-state index contributed by atoms with van der Waals surface area (Å²) >= 11 is 9.39. The number of aryl methyl sites for hydroxylation is 1. The summed E-state index contributed by atoms with van der Waals surface area (Å²) in [6.07, 6.45) is 3.61. The number of sulfone groups is 1. The molecular formula is C80H101ClF3N11O11S4. The number of nitrogens with zero attached hydrogens (tertiary/aromatic N) is 7. The summed E-state index contributed by atoms with van der Waals surface area (Å²) in [5.74, 6) is -1.84. The number of halogens is 4. The van der Waals surface area contributed by atoms with Crippen molar-refractivity contribution in [2.75, 3.05) is 121 Å². The lowest BCUT2D eigenvalue weighted by atomic mass is 9.71. The highest BCUT2D eigenvalue weighted by molar-refractivity contribution is 7.99. The number of piperazine rings is 2. The molecule has 22 nitrogen and oxygen atoms in total. The Balaban J connectivity index is 0.637. The van der Waals surface area contributed by atoms with Crippen molar-refractivity contribution in [2.24, 2.45) is 10.8 Å². The smallest absolute Gasteiger partial charge is 0.391 e. The molecule has 4 aliphatic heterocycles. The number of rotatable bonds is 29. The molecule has 0 radical (unpaired) electrons. The molecule has 594 valence electrons. The lowest BCUT2D eigenvalue weighted by Crippen LogP contribution is -2.57. The van der Waals surface area contributed by atoms with E-state index in [-0.39, 0.29) is 60.5 Å². The molecule has 5 heterocycles. The van der Waals surface area contributed by atoms with Crippen molar-refractivity contribution in [3.05, 3.63) is 160 Å². The van der Waals surface area contributed by atoms with Crippen molar-refractivity contribution in [3.63, 3.8) is 0 Å². The molecule has 4 saturated heterocycles. The number of carbonyl (C=O) groups is 5. The van der Waals surface area contributed by atoms with E-state index in [2.05, 4.69) is 59.6 Å². The predicted octanol–water partition coefficient (Wildman–Crippen LogP) is 11.3. The average molecular weight is 1610 g/mol. The Bertz CT molecular complexity index is 4460. The SMILES string of the molecule is Cc1ncsc1-c1ccc(C(C)NC(=O)C2CC(O)CN2C(=O)C(NC(=O)CCCCC(=O)N2CCN(CC3(C)CCC(c4ccc(Cl)cc4)=C(CN4CCN(c5ccc(C(=O)NS(=O)(=O)c6ccc(NC(CCN7CCOCC7)CSc7ccccc7)c(S(=O)(=O)C(F)(F)F)c6)cc5)CC4)C3)CC2)C(C)(C)C)cc1. The Hall–Kier alpha value is -7.45. The molecule has 5 N–H and O–H groups in total. The third-order valence-corrected chi connectivity index (χ3v) is 26.7. The largest absolute Gasteiger partial charge is 0.501 e. The molecule has 5 aromatic carbocycles. The van der Waals surface area contributed by atoms with Gasteiger partial charge in [0.15, 0.2) is 0 Å². The van der Waals surface area contributed by atoms with Crippen molar-refractivity contribution in [1.29, 1.82) is 0 Å². The monoisotopic (exact) mass is 1610 g/mol. The van der Waals surface area contributed by atoms with Gasteiger partial charge in [0.2, 0.25) is 23.6 Å². The Kier molecular flexibility index (Phi) is 27.8. The number of morpholine rings is 1. The molecule has 5 amide bonds. The number of likely N-dealkylation sites (tertiary alicyclic amines) is 1. The number of allylic oxidation sites excluding steroid dienone is 1. The van der Waals surface area contributed by atoms with Crippen molar-refractivity contribution >= 4 is 101 Å². The standard InChI is InChI=1S/C80H101ClF3N11O11S4/c1-54(56-16-18-58(19-17-56)73-55(2)85-53-108-73)86-76(100)69-46-64(96)50-95(69)77(101)74(78(3,4)5)88-71(97)14-10-11-15-72(98)94-40-36-92(37-41-94)52-79(6)32-30-67(57-20-24-61(81)25-21-57)60(48-79)49-91-34-38-93(39-35-91)63-26-22-59(23-27-63)75(99)89-110(104,105)66-28-29-68(70(47-66)109(102,103)80(82,83)84)87-62(31-33-90-42-44-106-45-43-90)51-107-65-12-8-7-9-13-65/h7-9,12-13,16-29,47,53-54,62,64,69,74,87,96H,10-11,14-15,30-46,48-52H2,1-6H3,(H,86,100)(H,88,97)(H,89,99). The van der Waals surface area contributed by atoms with Gasteiger partial charge in [-0.25, -0.2) is 26.5 Å². The van der Waals surface area contributed by atoms with Crippen molar-refractivity contribution in [3.8, 4) is 10.4 Å². The number of hydrogen-bond acceptors (Lipinski definition) is 19. The Morgan fingerprint density at radius 2 is 1.45 bits per heavy atom. The zero-order valence-corrected chi connectivity index (χ0v) is 67.2. The third-order valence-electron chi connectivity index (χ3n) is 21.5. The van der Waals surface area contributed by atoms with E-state index < -0.39 is 82.3 Å². The highest BCUT2D eigenvalue weighted by Gasteiger charge is 2.49. The van der Waals surface area contributed by atoms with Crippen LogP contribution in [-0.2, 0) is 43.8 Å². The van der Waals surface area contributed by atoms with Crippen LogP contribution < -0.4 is 25.6 Å². The quantitative estimate of drug-likeness (QED) is 0.0216. The number of ether oxygens (including phenoxy) is 1. The van der Waals surface area contributed by atoms with E-state index in [4.69, 9.17) is 16.3 Å². The van der Waals surface area contributed by atoms with Crippen LogP contribution in [-0.4, -0.2) is 221 Å². The van der Waals surface area contributed by atoms with Crippen molar-refractivity contribution in [2.45, 2.75) is 150 Å². The highest BCUT2D eigenvalue weighted by Crippen LogP contribution is 2.45. The van der Waals surface area contributed by atoms with E-state index in [1.807, 2.05) is 116 Å². The van der Waals surface area contributed by atoms with E-state index >= 15 is 0 Å². The van der Waals surface area contributed by atoms with Crippen LogP contribution in [0, 0.1) is 17.8 Å². The Morgan fingerprint density at radius 3 is 2.11 bits per heavy atom. The average Bonchev–Trinajstić information content (AvgIpc) is 1.31. The summed E-state index contributed by atoms with van der Waals surface area (Å²) in [6, 6.07) is 31.2. The number of amides is 5. The molecule has 0 bridgehead atoms. The normalized spacial score (nSPS) is 20.3. The van der Waals surface area contributed by atoms with Crippen molar-refractivity contribution in [1.82, 2.24) is 44.8 Å². The van der Waals surface area contributed by atoms with E-state index in [0.29, 0.717) is 95.1 Å². The molecule has 0 saturated carbocycles. The summed E-state index contributed by atoms with van der Waals surface area (Å²) in [7, 11) is -11.0. The summed E-state index contributed by atoms with van der Waals surface area (Å²) in [5.41, 5.74) is 2.23. The van der Waals surface area contributed by atoms with Crippen LogP contribution >= 0.6 is 34.7 Å². The summed E-state index contributed by atoms with van der Waals surface area (Å²) in [5, 5.41) is 20.5. The number of hydrogen-bond donors (Lipinski definition) is 5. The fourth-order valence-electron chi connectivity index (χ4n) is 15.2. The molecule has 1 aliphatic carbocycles. The number of aliphatic hydroxyl groups excluding tert-OH is 1. The fraction of sp³-hybridized carbons (Fsp3) is 0.500. The number of thiazole rings is 1. The molecule has 6 unspecified atom stereocenters.